The fraction of sp³-hybridized carbons (Fsp3) is 0.409. The molecule has 2 fully saturated rings. The zero-order chi connectivity index (χ0) is 20.6. The molecule has 0 spiro atoms. The van der Waals surface area contributed by atoms with Crippen molar-refractivity contribution in [3.05, 3.63) is 58.6 Å². The lowest BCUT2D eigenvalue weighted by Gasteiger charge is -2.28. The summed E-state index contributed by atoms with van der Waals surface area (Å²) in [5, 5.41) is 3.12. The highest BCUT2D eigenvalue weighted by atomic mass is 79.9. The number of carbonyl (C=O) groups excluding carboxylic acids is 1. The van der Waals surface area contributed by atoms with Gasteiger partial charge in [0.1, 0.15) is 0 Å². The molecule has 7 heteroatoms. The molecule has 0 aliphatic heterocycles. The summed E-state index contributed by atoms with van der Waals surface area (Å²) >= 11 is 3.30. The minimum absolute atomic E-state index is 0.0777. The molecule has 0 heterocycles. The number of anilines is 1. The van der Waals surface area contributed by atoms with Crippen molar-refractivity contribution in [2.24, 2.45) is 17.8 Å². The number of hydrogen-bond acceptors (Lipinski definition) is 3. The number of rotatable bonds is 6. The molecule has 2 bridgehead atoms. The first-order chi connectivity index (χ1) is 13.8. The topological polar surface area (TPSA) is 75.3 Å². The molecule has 1 amide bonds. The van der Waals surface area contributed by atoms with Gasteiger partial charge in [-0.3, -0.25) is 9.52 Å². The van der Waals surface area contributed by atoms with Crippen LogP contribution in [0.2, 0.25) is 0 Å². The van der Waals surface area contributed by atoms with Crippen molar-refractivity contribution in [1.29, 1.82) is 0 Å². The Morgan fingerprint density at radius 1 is 1.07 bits per heavy atom. The molecule has 29 heavy (non-hydrogen) atoms. The molecular weight excluding hydrogens is 452 g/mol. The quantitative estimate of drug-likeness (QED) is 0.628. The summed E-state index contributed by atoms with van der Waals surface area (Å²) in [6.07, 6.45) is 5.06. The Morgan fingerprint density at radius 3 is 2.45 bits per heavy atom. The number of carbonyl (C=O) groups is 1. The fourth-order valence-corrected chi connectivity index (χ4v) is 6.23. The Hall–Kier alpha value is -1.86. The third kappa shape index (κ3) is 4.36. The second-order valence-electron chi connectivity index (χ2n) is 8.21. The highest BCUT2D eigenvalue weighted by Crippen LogP contribution is 2.49. The summed E-state index contributed by atoms with van der Waals surface area (Å²) in [5.74, 6) is 1.80. The molecule has 154 valence electrons. The number of para-hydroxylation sites is 1. The molecule has 0 saturated heterocycles. The fourth-order valence-electron chi connectivity index (χ4n) is 4.89. The lowest BCUT2D eigenvalue weighted by atomic mass is 9.84. The van der Waals surface area contributed by atoms with E-state index in [4.69, 9.17) is 0 Å². The highest BCUT2D eigenvalue weighted by molar-refractivity contribution is 9.10. The van der Waals surface area contributed by atoms with E-state index in [2.05, 4.69) is 32.9 Å². The Kier molecular flexibility index (Phi) is 5.71. The molecule has 2 aliphatic rings. The molecule has 0 radical (unpaired) electrons. The van der Waals surface area contributed by atoms with Gasteiger partial charge in [0.05, 0.1) is 16.1 Å². The lowest BCUT2D eigenvalue weighted by molar-refractivity contribution is 0.0916. The maximum Gasteiger partial charge on any atom is 0.261 e. The minimum Gasteiger partial charge on any atom is -0.349 e. The van der Waals surface area contributed by atoms with Gasteiger partial charge in [-0.1, -0.05) is 34.5 Å². The molecule has 2 aliphatic carbocycles. The monoisotopic (exact) mass is 476 g/mol. The molecule has 4 atom stereocenters. The van der Waals surface area contributed by atoms with E-state index < -0.39 is 10.0 Å². The van der Waals surface area contributed by atoms with E-state index in [9.17, 15) is 13.2 Å². The predicted molar refractivity (Wildman–Crippen MR) is 117 cm³/mol. The zero-order valence-electron chi connectivity index (χ0n) is 16.3. The van der Waals surface area contributed by atoms with Gasteiger partial charge in [-0.25, -0.2) is 8.42 Å². The third-order valence-corrected chi connectivity index (χ3v) is 8.24. The standard InChI is InChI=1S/C22H25BrN2O3S/c1-14(20-13-15-6-7-16(20)12-15)24-22(26)19-4-2-3-5-21(19)25-29(27,28)18-10-8-17(23)9-11-18/h2-5,8-11,14-16,20,25H,6-7,12-13H2,1H3,(H,24,26)/t14-,15+,16+,20-/m0/s1. The van der Waals surface area contributed by atoms with Crippen LogP contribution in [0.5, 0.6) is 0 Å². The largest absolute Gasteiger partial charge is 0.349 e. The van der Waals surface area contributed by atoms with Gasteiger partial charge >= 0.3 is 0 Å². The normalized spacial score (nSPS) is 24.3. The van der Waals surface area contributed by atoms with Crippen LogP contribution in [0.3, 0.4) is 0 Å². The Morgan fingerprint density at radius 2 is 1.79 bits per heavy atom. The van der Waals surface area contributed by atoms with Crippen molar-refractivity contribution in [1.82, 2.24) is 5.32 Å². The summed E-state index contributed by atoms with van der Waals surface area (Å²) in [7, 11) is -3.79. The number of hydrogen-bond donors (Lipinski definition) is 2. The van der Waals surface area contributed by atoms with Gasteiger partial charge in [0.15, 0.2) is 0 Å². The summed E-state index contributed by atoms with van der Waals surface area (Å²) in [5.41, 5.74) is 0.622. The molecule has 2 aromatic rings. The maximum absolute atomic E-state index is 13.0. The zero-order valence-corrected chi connectivity index (χ0v) is 18.7. The van der Waals surface area contributed by atoms with Gasteiger partial charge in [-0.2, -0.15) is 0 Å². The van der Waals surface area contributed by atoms with E-state index in [1.807, 2.05) is 0 Å². The SMILES string of the molecule is C[C@H](NC(=O)c1ccccc1NS(=O)(=O)c1ccc(Br)cc1)[C@@H]1C[C@@H]2CC[C@@H]1C2. The van der Waals surface area contributed by atoms with E-state index in [-0.39, 0.29) is 22.5 Å². The van der Waals surface area contributed by atoms with Gasteiger partial charge in [-0.05, 0) is 80.3 Å². The predicted octanol–water partition coefficient (Wildman–Crippen LogP) is 4.80. The second-order valence-corrected chi connectivity index (χ2v) is 10.8. The molecule has 0 aromatic heterocycles. The van der Waals surface area contributed by atoms with Gasteiger partial charge in [0, 0.05) is 10.5 Å². The van der Waals surface area contributed by atoms with Crippen LogP contribution >= 0.6 is 15.9 Å². The van der Waals surface area contributed by atoms with Crippen molar-refractivity contribution in [2.45, 2.75) is 43.5 Å². The number of fused-ring (bicyclic) bond motifs is 2. The number of amides is 1. The Balaban J connectivity index is 1.50. The number of nitrogens with one attached hydrogen (secondary N) is 2. The smallest absolute Gasteiger partial charge is 0.261 e. The van der Waals surface area contributed by atoms with Crippen LogP contribution in [0, 0.1) is 17.8 Å². The number of halogens is 1. The third-order valence-electron chi connectivity index (χ3n) is 6.33. The molecule has 4 rings (SSSR count). The average molecular weight is 477 g/mol. The highest BCUT2D eigenvalue weighted by Gasteiger charge is 2.42. The first kappa shape index (κ1) is 20.4. The van der Waals surface area contributed by atoms with E-state index in [1.54, 1.807) is 36.4 Å². The van der Waals surface area contributed by atoms with Crippen LogP contribution in [0.1, 0.15) is 43.0 Å². The lowest BCUT2D eigenvalue weighted by Crippen LogP contribution is -2.40. The first-order valence-corrected chi connectivity index (χ1v) is 12.3. The van der Waals surface area contributed by atoms with Crippen molar-refractivity contribution < 1.29 is 13.2 Å². The van der Waals surface area contributed by atoms with Gasteiger partial charge in [0.2, 0.25) is 0 Å². The van der Waals surface area contributed by atoms with Crippen molar-refractivity contribution in [3.63, 3.8) is 0 Å². The van der Waals surface area contributed by atoms with Crippen LogP contribution in [0.4, 0.5) is 5.69 Å². The summed E-state index contributed by atoms with van der Waals surface area (Å²) in [6, 6.07) is 13.2. The van der Waals surface area contributed by atoms with Crippen LogP contribution in [-0.2, 0) is 10.0 Å². The molecule has 2 saturated carbocycles. The molecule has 0 unspecified atom stereocenters. The second kappa shape index (κ2) is 8.11. The number of sulfonamides is 1. The van der Waals surface area contributed by atoms with Gasteiger partial charge < -0.3 is 5.32 Å². The molecular formula is C22H25BrN2O3S. The van der Waals surface area contributed by atoms with Crippen LogP contribution in [0.25, 0.3) is 0 Å². The van der Waals surface area contributed by atoms with Gasteiger partial charge in [-0.15, -0.1) is 0 Å². The van der Waals surface area contributed by atoms with Crippen molar-refractivity contribution in [2.75, 3.05) is 4.72 Å². The van der Waals surface area contributed by atoms with E-state index >= 15 is 0 Å². The van der Waals surface area contributed by atoms with E-state index in [0.29, 0.717) is 17.4 Å². The first-order valence-electron chi connectivity index (χ1n) is 10.0. The van der Waals surface area contributed by atoms with Crippen molar-refractivity contribution >= 4 is 37.5 Å². The number of benzene rings is 2. The summed E-state index contributed by atoms with van der Waals surface area (Å²) < 4.78 is 28.9. The van der Waals surface area contributed by atoms with Crippen LogP contribution in [-0.4, -0.2) is 20.4 Å². The molecule has 2 aromatic carbocycles. The Labute approximate surface area is 180 Å². The minimum atomic E-state index is -3.79. The summed E-state index contributed by atoms with van der Waals surface area (Å²) in [4.78, 5) is 13.1. The molecule has 2 N–H and O–H groups in total. The van der Waals surface area contributed by atoms with Crippen LogP contribution in [0.15, 0.2) is 57.9 Å². The van der Waals surface area contributed by atoms with E-state index in [0.717, 1.165) is 10.4 Å². The van der Waals surface area contributed by atoms with Crippen molar-refractivity contribution in [3.8, 4) is 0 Å². The average Bonchev–Trinajstić information content (AvgIpc) is 3.32. The van der Waals surface area contributed by atoms with Crippen LogP contribution < -0.4 is 10.0 Å². The maximum atomic E-state index is 13.0. The molecule has 5 nitrogen and oxygen atoms in total. The summed E-state index contributed by atoms with van der Waals surface area (Å²) in [6.45, 7) is 2.07. The van der Waals surface area contributed by atoms with E-state index in [1.165, 1.54) is 37.8 Å². The Bertz CT molecular complexity index is 1010. The van der Waals surface area contributed by atoms with Gasteiger partial charge in [0.25, 0.3) is 15.9 Å².